The number of nitrogens with two attached hydrogens (primary N) is 1. The summed E-state index contributed by atoms with van der Waals surface area (Å²) in [6, 6.07) is 0. The van der Waals surface area contributed by atoms with Crippen molar-refractivity contribution in [1.29, 1.82) is 0 Å². The monoisotopic (exact) mass is 286 g/mol. The molecule has 1 saturated heterocycles. The highest BCUT2D eigenvalue weighted by atomic mass is 16.5. The molecule has 0 aromatic carbocycles. The van der Waals surface area contributed by atoms with Crippen LogP contribution in [-0.4, -0.2) is 55.9 Å². The van der Waals surface area contributed by atoms with Crippen molar-refractivity contribution in [2.75, 3.05) is 33.4 Å². The summed E-state index contributed by atoms with van der Waals surface area (Å²) < 4.78 is 10.4. The van der Waals surface area contributed by atoms with Crippen LogP contribution < -0.4 is 5.73 Å². The Morgan fingerprint density at radius 2 is 2.20 bits per heavy atom. The third-order valence-electron chi connectivity index (χ3n) is 3.94. The van der Waals surface area contributed by atoms with Crippen LogP contribution in [0.2, 0.25) is 0 Å². The van der Waals surface area contributed by atoms with Gasteiger partial charge >= 0.3 is 5.97 Å². The zero-order valence-corrected chi connectivity index (χ0v) is 13.2. The van der Waals surface area contributed by atoms with E-state index in [4.69, 9.17) is 15.2 Å². The molecule has 0 bridgehead atoms. The quantitative estimate of drug-likeness (QED) is 0.542. The highest BCUT2D eigenvalue weighted by Gasteiger charge is 2.28. The van der Waals surface area contributed by atoms with Gasteiger partial charge in [-0.3, -0.25) is 4.79 Å². The van der Waals surface area contributed by atoms with Crippen molar-refractivity contribution in [2.45, 2.75) is 57.6 Å². The maximum atomic E-state index is 11.5. The van der Waals surface area contributed by atoms with E-state index in [0.717, 1.165) is 39.1 Å². The number of piperidine rings is 1. The number of carbonyl (C=O) groups is 1. The summed E-state index contributed by atoms with van der Waals surface area (Å²) in [6.07, 6.45) is 5.45. The first kappa shape index (κ1) is 17.4. The van der Waals surface area contributed by atoms with E-state index in [1.807, 2.05) is 6.92 Å². The Hall–Kier alpha value is -0.650. The summed E-state index contributed by atoms with van der Waals surface area (Å²) in [7, 11) is 1.38. The largest absolute Gasteiger partial charge is 0.468 e. The Bertz CT molecular complexity index is 293. The second-order valence-corrected chi connectivity index (χ2v) is 5.89. The topological polar surface area (TPSA) is 64.8 Å². The minimum absolute atomic E-state index is 0.327. The first-order chi connectivity index (χ1) is 9.49. The average molecular weight is 286 g/mol. The molecule has 0 radical (unpaired) electrons. The van der Waals surface area contributed by atoms with Gasteiger partial charge in [0.1, 0.15) is 5.54 Å². The number of nitrogens with zero attached hydrogens (tertiary/aromatic N) is 1. The lowest BCUT2D eigenvalue weighted by Gasteiger charge is -2.32. The molecule has 5 heteroatoms. The van der Waals surface area contributed by atoms with E-state index >= 15 is 0 Å². The highest BCUT2D eigenvalue weighted by molar-refractivity contribution is 5.79. The number of unbranched alkanes of at least 4 members (excludes halogenated alkanes) is 1. The van der Waals surface area contributed by atoms with Crippen LogP contribution in [-0.2, 0) is 14.3 Å². The summed E-state index contributed by atoms with van der Waals surface area (Å²) >= 11 is 0. The molecule has 1 fully saturated rings. The molecular formula is C15H30N2O3. The molecule has 0 aromatic rings. The molecule has 2 unspecified atom stereocenters. The molecule has 1 heterocycles. The molecule has 20 heavy (non-hydrogen) atoms. The Balaban J connectivity index is 2.19. The number of esters is 1. The highest BCUT2D eigenvalue weighted by Crippen LogP contribution is 2.16. The summed E-state index contributed by atoms with van der Waals surface area (Å²) in [5.74, 6) is -0.327. The normalized spacial score (nSPS) is 23.3. The predicted molar refractivity (Wildman–Crippen MR) is 79.5 cm³/mol. The SMILES string of the molecule is CCOC1CCCN(CCCCC(C)(N)C(=O)OC)C1. The van der Waals surface area contributed by atoms with Gasteiger partial charge in [0, 0.05) is 13.2 Å². The molecule has 0 spiro atoms. The Kier molecular flexibility index (Phi) is 7.48. The van der Waals surface area contributed by atoms with Gasteiger partial charge in [0.2, 0.25) is 0 Å². The second-order valence-electron chi connectivity index (χ2n) is 5.89. The van der Waals surface area contributed by atoms with E-state index in [0.29, 0.717) is 12.5 Å². The lowest BCUT2D eigenvalue weighted by atomic mass is 9.96. The number of hydrogen-bond acceptors (Lipinski definition) is 5. The van der Waals surface area contributed by atoms with E-state index in [-0.39, 0.29) is 5.97 Å². The predicted octanol–water partition coefficient (Wildman–Crippen LogP) is 1.55. The van der Waals surface area contributed by atoms with Crippen molar-refractivity contribution < 1.29 is 14.3 Å². The number of ether oxygens (including phenoxy) is 2. The lowest BCUT2D eigenvalue weighted by molar-refractivity contribution is -0.146. The molecule has 1 aliphatic heterocycles. The Labute approximate surface area is 122 Å². The average Bonchev–Trinajstić information content (AvgIpc) is 2.43. The fraction of sp³-hybridized carbons (Fsp3) is 0.933. The minimum Gasteiger partial charge on any atom is -0.468 e. The molecule has 0 aromatic heterocycles. The van der Waals surface area contributed by atoms with Crippen LogP contribution >= 0.6 is 0 Å². The zero-order chi connectivity index (χ0) is 15.0. The molecule has 1 rings (SSSR count). The fourth-order valence-electron chi connectivity index (χ4n) is 2.75. The van der Waals surface area contributed by atoms with Crippen molar-refractivity contribution >= 4 is 5.97 Å². The number of likely N-dealkylation sites (tertiary alicyclic amines) is 1. The molecule has 118 valence electrons. The summed E-state index contributed by atoms with van der Waals surface area (Å²) in [5, 5.41) is 0. The molecule has 2 N–H and O–H groups in total. The molecule has 0 amide bonds. The molecule has 0 saturated carbocycles. The van der Waals surface area contributed by atoms with Crippen molar-refractivity contribution in [3.8, 4) is 0 Å². The van der Waals surface area contributed by atoms with Gasteiger partial charge in [-0.25, -0.2) is 0 Å². The van der Waals surface area contributed by atoms with Crippen LogP contribution in [0.3, 0.4) is 0 Å². The Morgan fingerprint density at radius 1 is 1.45 bits per heavy atom. The fourth-order valence-corrected chi connectivity index (χ4v) is 2.75. The van der Waals surface area contributed by atoms with Gasteiger partial charge < -0.3 is 20.1 Å². The van der Waals surface area contributed by atoms with Crippen molar-refractivity contribution in [2.24, 2.45) is 5.73 Å². The summed E-state index contributed by atoms with van der Waals surface area (Å²) in [6.45, 7) is 7.83. The molecule has 1 aliphatic rings. The zero-order valence-electron chi connectivity index (χ0n) is 13.2. The molecule has 2 atom stereocenters. The minimum atomic E-state index is -0.857. The van der Waals surface area contributed by atoms with Crippen molar-refractivity contribution in [3.63, 3.8) is 0 Å². The van der Waals surface area contributed by atoms with E-state index in [1.165, 1.54) is 20.0 Å². The van der Waals surface area contributed by atoms with Crippen molar-refractivity contribution in [3.05, 3.63) is 0 Å². The van der Waals surface area contributed by atoms with Crippen LogP contribution in [0.15, 0.2) is 0 Å². The van der Waals surface area contributed by atoms with Gasteiger partial charge in [0.25, 0.3) is 0 Å². The lowest BCUT2D eigenvalue weighted by Crippen LogP contribution is -2.45. The van der Waals surface area contributed by atoms with Gasteiger partial charge in [0.05, 0.1) is 13.2 Å². The summed E-state index contributed by atoms with van der Waals surface area (Å²) in [5.41, 5.74) is 5.09. The van der Waals surface area contributed by atoms with Gasteiger partial charge in [0.15, 0.2) is 0 Å². The van der Waals surface area contributed by atoms with Crippen LogP contribution in [0.25, 0.3) is 0 Å². The number of carbonyl (C=O) groups excluding carboxylic acids is 1. The maximum Gasteiger partial charge on any atom is 0.325 e. The van der Waals surface area contributed by atoms with Crippen LogP contribution in [0, 0.1) is 0 Å². The third kappa shape index (κ3) is 5.77. The molecular weight excluding hydrogens is 256 g/mol. The second kappa shape index (κ2) is 8.60. The van der Waals surface area contributed by atoms with Gasteiger partial charge in [-0.1, -0.05) is 0 Å². The number of methoxy groups -OCH3 is 1. The van der Waals surface area contributed by atoms with Gasteiger partial charge in [-0.2, -0.15) is 0 Å². The van der Waals surface area contributed by atoms with E-state index in [9.17, 15) is 4.79 Å². The first-order valence-electron chi connectivity index (χ1n) is 7.71. The molecule has 5 nitrogen and oxygen atoms in total. The van der Waals surface area contributed by atoms with Gasteiger partial charge in [-0.15, -0.1) is 0 Å². The maximum absolute atomic E-state index is 11.5. The standard InChI is InChI=1S/C15H30N2O3/c1-4-20-13-8-7-11-17(12-13)10-6-5-9-15(2,16)14(18)19-3/h13H,4-12,16H2,1-3H3. The summed E-state index contributed by atoms with van der Waals surface area (Å²) in [4.78, 5) is 13.9. The van der Waals surface area contributed by atoms with Crippen LogP contribution in [0.1, 0.15) is 46.0 Å². The van der Waals surface area contributed by atoms with E-state index in [2.05, 4.69) is 4.90 Å². The van der Waals surface area contributed by atoms with Crippen LogP contribution in [0.5, 0.6) is 0 Å². The van der Waals surface area contributed by atoms with Gasteiger partial charge in [-0.05, 0) is 59.0 Å². The number of hydrogen-bond donors (Lipinski definition) is 1. The third-order valence-corrected chi connectivity index (χ3v) is 3.94. The van der Waals surface area contributed by atoms with Crippen LogP contribution in [0.4, 0.5) is 0 Å². The Morgan fingerprint density at radius 3 is 2.85 bits per heavy atom. The van der Waals surface area contributed by atoms with E-state index < -0.39 is 5.54 Å². The smallest absolute Gasteiger partial charge is 0.325 e. The first-order valence-corrected chi connectivity index (χ1v) is 7.71. The van der Waals surface area contributed by atoms with E-state index in [1.54, 1.807) is 6.92 Å². The molecule has 0 aliphatic carbocycles. The van der Waals surface area contributed by atoms with Crippen molar-refractivity contribution in [1.82, 2.24) is 4.90 Å². The number of rotatable bonds is 8.